The highest BCUT2D eigenvalue weighted by Gasteiger charge is 1.94. The van der Waals surface area contributed by atoms with Gasteiger partial charge in [-0.15, -0.1) is 0 Å². The van der Waals surface area contributed by atoms with Gasteiger partial charge < -0.3 is 10.6 Å². The van der Waals surface area contributed by atoms with E-state index < -0.39 is 0 Å². The van der Waals surface area contributed by atoms with Crippen molar-refractivity contribution in [1.82, 2.24) is 75.4 Å². The molecule has 0 radical (unpaired) electrons. The van der Waals surface area contributed by atoms with Crippen LogP contribution in [-0.4, -0.2) is 91.0 Å². The molecule has 15 heteroatoms. The summed E-state index contributed by atoms with van der Waals surface area (Å²) in [5.41, 5.74) is 7.30. The Labute approximate surface area is 406 Å². The Morgan fingerprint density at radius 2 is 0.600 bits per heavy atom. The van der Waals surface area contributed by atoms with Crippen molar-refractivity contribution in [1.29, 1.82) is 0 Å². The van der Waals surface area contributed by atoms with Gasteiger partial charge in [-0.3, -0.25) is 54.8 Å². The third kappa shape index (κ3) is 19.3. The molecule has 1 saturated heterocycles. The Morgan fingerprint density at radius 1 is 0.243 bits per heavy atom. The zero-order chi connectivity index (χ0) is 48.2. The van der Waals surface area contributed by atoms with Gasteiger partial charge in [-0.1, -0.05) is 36.4 Å². The summed E-state index contributed by atoms with van der Waals surface area (Å²) < 4.78 is 0. The molecule has 346 valence electrons. The second kappa shape index (κ2) is 31.6. The van der Waals surface area contributed by atoms with E-state index in [0.29, 0.717) is 0 Å². The molecule has 1 aliphatic heterocycles. The first kappa shape index (κ1) is 50.1. The van der Waals surface area contributed by atoms with E-state index in [0.717, 1.165) is 64.5 Å². The van der Waals surface area contributed by atoms with Crippen molar-refractivity contribution in [2.24, 2.45) is 0 Å². The first-order valence-electron chi connectivity index (χ1n) is 22.2. The van der Waals surface area contributed by atoms with Crippen molar-refractivity contribution >= 4 is 43.7 Å². The quantitative estimate of drug-likeness (QED) is 0.158. The number of piperazine rings is 1. The minimum Gasteiger partial charge on any atom is -0.314 e. The molecule has 12 aromatic rings. The van der Waals surface area contributed by atoms with E-state index in [1.807, 2.05) is 128 Å². The normalized spacial score (nSPS) is 10.8. The molecule has 0 aliphatic carbocycles. The van der Waals surface area contributed by atoms with Crippen LogP contribution >= 0.6 is 0 Å². The highest BCUT2D eigenvalue weighted by atomic mass is 15.0. The summed E-state index contributed by atoms with van der Waals surface area (Å²) >= 11 is 0. The summed E-state index contributed by atoms with van der Waals surface area (Å²) in [4.78, 5) is 51.3. The van der Waals surface area contributed by atoms with Gasteiger partial charge in [0.25, 0.3) is 0 Å². The maximum Gasteiger partial charge on any atom is 0.115 e. The van der Waals surface area contributed by atoms with E-state index in [9.17, 15) is 0 Å². The lowest BCUT2D eigenvalue weighted by Crippen LogP contribution is -2.39. The first-order chi connectivity index (χ1) is 34.8. The number of pyridine rings is 7. The van der Waals surface area contributed by atoms with E-state index in [-0.39, 0.29) is 0 Å². The number of hydrogen-bond acceptors (Lipinski definition) is 15. The van der Waals surface area contributed by atoms with Crippen LogP contribution in [0.4, 0.5) is 0 Å². The predicted molar refractivity (Wildman–Crippen MR) is 278 cm³/mol. The summed E-state index contributed by atoms with van der Waals surface area (Å²) in [5.74, 6) is 0. The molecule has 2 aromatic carbocycles. The second-order valence-corrected chi connectivity index (χ2v) is 14.2. The fourth-order valence-corrected chi connectivity index (χ4v) is 5.96. The molecule has 10 aromatic heterocycles. The monoisotopic (exact) mass is 921 g/mol. The number of para-hydroxylation sites is 3. The number of hydrogen-bond donors (Lipinski definition) is 2. The zero-order valence-corrected chi connectivity index (χ0v) is 38.3. The molecule has 11 heterocycles. The van der Waals surface area contributed by atoms with Gasteiger partial charge in [0, 0.05) is 160 Å². The van der Waals surface area contributed by atoms with Gasteiger partial charge in [0.05, 0.1) is 27.6 Å². The van der Waals surface area contributed by atoms with Crippen molar-refractivity contribution < 1.29 is 0 Å². The minimum absolute atomic E-state index is 0.949. The van der Waals surface area contributed by atoms with Crippen LogP contribution < -0.4 is 10.6 Å². The Bertz CT molecular complexity index is 2510. The predicted octanol–water partition coefficient (Wildman–Crippen LogP) is 9.40. The van der Waals surface area contributed by atoms with Crippen molar-refractivity contribution in [2.45, 2.75) is 0 Å². The third-order valence-corrected chi connectivity index (χ3v) is 9.30. The Balaban J connectivity index is 0.000000133. The van der Waals surface area contributed by atoms with E-state index >= 15 is 0 Å². The van der Waals surface area contributed by atoms with Crippen LogP contribution in [0, 0.1) is 0 Å². The maximum absolute atomic E-state index is 4.18. The molecule has 1 fully saturated rings. The topological polar surface area (TPSA) is 192 Å². The number of nitrogens with one attached hydrogen (secondary N) is 2. The smallest absolute Gasteiger partial charge is 0.115 e. The lowest BCUT2D eigenvalue weighted by atomic mass is 10.1. The van der Waals surface area contributed by atoms with Gasteiger partial charge in [-0.05, 0) is 102 Å². The van der Waals surface area contributed by atoms with Gasteiger partial charge >= 0.3 is 0 Å². The Hall–Kier alpha value is -9.31. The average Bonchev–Trinajstić information content (AvgIpc) is 3.48. The van der Waals surface area contributed by atoms with Crippen LogP contribution in [0.1, 0.15) is 0 Å². The van der Waals surface area contributed by atoms with Gasteiger partial charge in [-0.2, -0.15) is 0 Å². The van der Waals surface area contributed by atoms with Crippen LogP contribution in [0.25, 0.3) is 54.9 Å². The molecule has 0 spiro atoms. The molecule has 70 heavy (non-hydrogen) atoms. The summed E-state index contributed by atoms with van der Waals surface area (Å²) in [5, 5.41) is 9.82. The van der Waals surface area contributed by atoms with Gasteiger partial charge in [0.1, 0.15) is 6.33 Å². The van der Waals surface area contributed by atoms with Gasteiger partial charge in [-0.25, -0.2) is 9.97 Å². The van der Waals surface area contributed by atoms with Gasteiger partial charge in [0.15, 0.2) is 0 Å². The SMILES string of the molecule is C1CNCCN1.c1cc(-c2ccncc2)ccn1.c1ccc2ncccc2c1.c1ccc2nccnc2c1.c1cnc2ccncc2c1.c1cnc2ccncc2c1.c1cnccn1.c1cncnc1. The molecule has 0 bridgehead atoms. The summed E-state index contributed by atoms with van der Waals surface area (Å²) in [6.45, 7) is 4.56. The fourth-order valence-electron chi connectivity index (χ4n) is 5.96. The zero-order valence-electron chi connectivity index (χ0n) is 38.3. The Morgan fingerprint density at radius 3 is 0.971 bits per heavy atom. The molecule has 0 atom stereocenters. The lowest BCUT2D eigenvalue weighted by Gasteiger charge is -2.11. The number of aromatic nitrogens is 13. The molecule has 1 aliphatic rings. The van der Waals surface area contributed by atoms with Gasteiger partial charge in [0.2, 0.25) is 0 Å². The number of fused-ring (bicyclic) bond motifs is 4. The van der Waals surface area contributed by atoms with Crippen LogP contribution in [0.5, 0.6) is 0 Å². The molecule has 2 N–H and O–H groups in total. The summed E-state index contributed by atoms with van der Waals surface area (Å²) in [6.07, 6.45) is 34.4. The molecular formula is C55H51N15. The van der Waals surface area contributed by atoms with Crippen molar-refractivity contribution in [3.8, 4) is 11.1 Å². The molecule has 13 rings (SSSR count). The molecule has 0 unspecified atom stereocenters. The van der Waals surface area contributed by atoms with E-state index in [1.54, 1.807) is 105 Å². The minimum atomic E-state index is 0.949. The highest BCUT2D eigenvalue weighted by Crippen LogP contribution is 2.16. The average molecular weight is 922 g/mol. The highest BCUT2D eigenvalue weighted by molar-refractivity contribution is 5.78. The van der Waals surface area contributed by atoms with E-state index in [1.165, 1.54) is 22.8 Å². The fraction of sp³-hybridized carbons (Fsp3) is 0.0727. The van der Waals surface area contributed by atoms with Crippen molar-refractivity contribution in [3.63, 3.8) is 0 Å². The van der Waals surface area contributed by atoms with Crippen LogP contribution in [0.3, 0.4) is 0 Å². The summed E-state index contributed by atoms with van der Waals surface area (Å²) in [6, 6.07) is 41.2. The molecule has 0 amide bonds. The van der Waals surface area contributed by atoms with Crippen molar-refractivity contribution in [3.05, 3.63) is 251 Å². The number of nitrogens with zero attached hydrogens (tertiary/aromatic N) is 13. The number of benzene rings is 2. The van der Waals surface area contributed by atoms with Crippen LogP contribution in [0.2, 0.25) is 0 Å². The van der Waals surface area contributed by atoms with Crippen LogP contribution in [-0.2, 0) is 0 Å². The lowest BCUT2D eigenvalue weighted by molar-refractivity contribution is 0.534. The van der Waals surface area contributed by atoms with Crippen LogP contribution in [0.15, 0.2) is 251 Å². The summed E-state index contributed by atoms with van der Waals surface area (Å²) in [7, 11) is 0. The largest absolute Gasteiger partial charge is 0.314 e. The molecule has 15 nitrogen and oxygen atoms in total. The third-order valence-electron chi connectivity index (χ3n) is 9.30. The van der Waals surface area contributed by atoms with E-state index in [2.05, 4.69) is 87.6 Å². The maximum atomic E-state index is 4.18. The molecule has 0 saturated carbocycles. The number of rotatable bonds is 1. The molecular weight excluding hydrogens is 871 g/mol. The standard InChI is InChI=1S/C10H8N2.C9H7N.3C8H6N2.C4H10N2.2C4H4N2/c1-5-11-6-2-9(1)10-3-7-12-8-4-10;1-2-6-9-8(4-1)5-3-7-10-9;2*1-2-7-6-9-5-3-8(7)10-4-1;1-2-4-8-7(3-1)9-5-6-10-8;2*1-2-6-4-3-5-1;1-2-5-4-6-3-1/h1-8H;1-7H;3*1-6H;5-6H,1-4H2;2*1-4H. The Kier molecular flexibility index (Phi) is 22.6. The second-order valence-electron chi connectivity index (χ2n) is 14.2. The first-order valence-corrected chi connectivity index (χ1v) is 22.2. The van der Waals surface area contributed by atoms with E-state index in [4.69, 9.17) is 0 Å². The van der Waals surface area contributed by atoms with Crippen molar-refractivity contribution in [2.75, 3.05) is 26.2 Å².